The van der Waals surface area contributed by atoms with Gasteiger partial charge in [-0.25, -0.2) is 0 Å². The Bertz CT molecular complexity index is 387. The first-order chi connectivity index (χ1) is 8.05. The Morgan fingerprint density at radius 2 is 1.88 bits per heavy atom. The highest BCUT2D eigenvalue weighted by molar-refractivity contribution is 5.36. The van der Waals surface area contributed by atoms with Crippen molar-refractivity contribution >= 4 is 0 Å². The molecule has 94 valence electrons. The molecule has 1 heteroatoms. The summed E-state index contributed by atoms with van der Waals surface area (Å²) in [6.45, 7) is 6.64. The predicted molar refractivity (Wildman–Crippen MR) is 74.0 cm³/mol. The molecule has 1 aliphatic carbocycles. The minimum absolute atomic E-state index is 0.0660. The van der Waals surface area contributed by atoms with Crippen LogP contribution in [-0.2, 0) is 5.54 Å². The van der Waals surface area contributed by atoms with Gasteiger partial charge in [-0.15, -0.1) is 0 Å². The highest BCUT2D eigenvalue weighted by atomic mass is 14.7. The van der Waals surface area contributed by atoms with Gasteiger partial charge in [0.2, 0.25) is 0 Å². The zero-order chi connectivity index (χ0) is 12.5. The van der Waals surface area contributed by atoms with Crippen LogP contribution in [0.2, 0.25) is 0 Å². The highest BCUT2D eigenvalue weighted by Crippen LogP contribution is 2.39. The second-order valence-electron chi connectivity index (χ2n) is 5.83. The molecule has 0 radical (unpaired) electrons. The maximum absolute atomic E-state index is 6.65. The Labute approximate surface area is 105 Å². The number of benzene rings is 1. The van der Waals surface area contributed by atoms with Crippen molar-refractivity contribution in [3.63, 3.8) is 0 Å². The molecule has 0 aromatic heterocycles. The molecule has 0 saturated heterocycles. The van der Waals surface area contributed by atoms with Crippen molar-refractivity contribution in [2.24, 2.45) is 11.7 Å². The Morgan fingerprint density at radius 3 is 2.41 bits per heavy atom. The summed E-state index contributed by atoms with van der Waals surface area (Å²) in [7, 11) is 0. The van der Waals surface area contributed by atoms with Crippen LogP contribution in [0.25, 0.3) is 0 Å². The maximum Gasteiger partial charge on any atom is 0.0412 e. The second kappa shape index (κ2) is 4.81. The van der Waals surface area contributed by atoms with Gasteiger partial charge < -0.3 is 5.73 Å². The molecule has 2 rings (SSSR count). The Balaban J connectivity index is 2.21. The summed E-state index contributed by atoms with van der Waals surface area (Å²) in [5, 5.41) is 0. The van der Waals surface area contributed by atoms with E-state index in [-0.39, 0.29) is 5.54 Å². The van der Waals surface area contributed by atoms with E-state index < -0.39 is 0 Å². The average molecular weight is 231 g/mol. The molecular formula is C16H25N. The quantitative estimate of drug-likeness (QED) is 0.816. The Morgan fingerprint density at radius 1 is 1.24 bits per heavy atom. The van der Waals surface area contributed by atoms with Crippen LogP contribution in [0.5, 0.6) is 0 Å². The van der Waals surface area contributed by atoms with Crippen LogP contribution in [0.3, 0.4) is 0 Å². The first-order valence-corrected chi connectivity index (χ1v) is 6.92. The normalized spacial score (nSPS) is 29.3. The van der Waals surface area contributed by atoms with Crippen LogP contribution in [0, 0.1) is 19.8 Å². The van der Waals surface area contributed by atoms with Crippen LogP contribution in [0.15, 0.2) is 18.2 Å². The summed E-state index contributed by atoms with van der Waals surface area (Å²) in [5.74, 6) is 0.900. The van der Waals surface area contributed by atoms with Gasteiger partial charge in [0, 0.05) is 5.54 Å². The van der Waals surface area contributed by atoms with Crippen LogP contribution in [0.1, 0.15) is 55.7 Å². The molecule has 0 bridgehead atoms. The fraction of sp³-hybridized carbons (Fsp3) is 0.625. The molecule has 0 spiro atoms. The highest BCUT2D eigenvalue weighted by Gasteiger charge is 2.33. The molecule has 0 aliphatic heterocycles. The van der Waals surface area contributed by atoms with Gasteiger partial charge in [-0.2, -0.15) is 0 Å². The van der Waals surface area contributed by atoms with Gasteiger partial charge in [0.15, 0.2) is 0 Å². The number of rotatable bonds is 2. The molecule has 1 fully saturated rings. The first-order valence-electron chi connectivity index (χ1n) is 6.92. The van der Waals surface area contributed by atoms with E-state index in [1.54, 1.807) is 0 Å². The smallest absolute Gasteiger partial charge is 0.0412 e. The van der Waals surface area contributed by atoms with E-state index in [1.807, 2.05) is 0 Å². The zero-order valence-corrected chi connectivity index (χ0v) is 11.4. The van der Waals surface area contributed by atoms with E-state index in [0.29, 0.717) is 0 Å². The van der Waals surface area contributed by atoms with E-state index in [0.717, 1.165) is 18.8 Å². The third kappa shape index (κ3) is 2.55. The SMILES string of the molecule is CCC1CCC(N)(c2ccc(C)cc2C)CC1. The summed E-state index contributed by atoms with van der Waals surface area (Å²) < 4.78 is 0. The molecule has 1 aromatic rings. The molecule has 1 aliphatic rings. The Hall–Kier alpha value is -0.820. The van der Waals surface area contributed by atoms with Crippen LogP contribution in [0.4, 0.5) is 0 Å². The van der Waals surface area contributed by atoms with Gasteiger partial charge in [-0.1, -0.05) is 37.1 Å². The van der Waals surface area contributed by atoms with Gasteiger partial charge in [0.1, 0.15) is 0 Å². The monoisotopic (exact) mass is 231 g/mol. The average Bonchev–Trinajstić information content (AvgIpc) is 2.29. The molecular weight excluding hydrogens is 206 g/mol. The predicted octanol–water partition coefficient (Wildman–Crippen LogP) is 4.06. The minimum Gasteiger partial charge on any atom is -0.321 e. The van der Waals surface area contributed by atoms with Crippen molar-refractivity contribution in [1.29, 1.82) is 0 Å². The molecule has 0 unspecified atom stereocenters. The van der Waals surface area contributed by atoms with Crippen molar-refractivity contribution in [3.8, 4) is 0 Å². The maximum atomic E-state index is 6.65. The number of hydrogen-bond acceptors (Lipinski definition) is 1. The van der Waals surface area contributed by atoms with Gasteiger partial charge in [-0.05, 0) is 56.6 Å². The van der Waals surface area contributed by atoms with E-state index in [1.165, 1.54) is 36.0 Å². The third-order valence-electron chi connectivity index (χ3n) is 4.49. The summed E-state index contributed by atoms with van der Waals surface area (Å²) in [4.78, 5) is 0. The Kier molecular flexibility index (Phi) is 3.58. The van der Waals surface area contributed by atoms with Crippen molar-refractivity contribution < 1.29 is 0 Å². The fourth-order valence-electron chi connectivity index (χ4n) is 3.24. The lowest BCUT2D eigenvalue weighted by Crippen LogP contribution is -2.41. The third-order valence-corrected chi connectivity index (χ3v) is 4.49. The number of nitrogens with two attached hydrogens (primary N) is 1. The largest absolute Gasteiger partial charge is 0.321 e. The summed E-state index contributed by atoms with van der Waals surface area (Å²) in [5.41, 5.74) is 10.6. The van der Waals surface area contributed by atoms with Gasteiger partial charge in [0.05, 0.1) is 0 Å². The molecule has 1 nitrogen and oxygen atoms in total. The molecule has 0 atom stereocenters. The van der Waals surface area contributed by atoms with Crippen molar-refractivity contribution in [2.45, 2.75) is 58.4 Å². The van der Waals surface area contributed by atoms with Crippen molar-refractivity contribution in [2.75, 3.05) is 0 Å². The van der Waals surface area contributed by atoms with E-state index in [9.17, 15) is 0 Å². The molecule has 2 N–H and O–H groups in total. The van der Waals surface area contributed by atoms with Gasteiger partial charge >= 0.3 is 0 Å². The van der Waals surface area contributed by atoms with Crippen molar-refractivity contribution in [1.82, 2.24) is 0 Å². The van der Waals surface area contributed by atoms with Crippen molar-refractivity contribution in [3.05, 3.63) is 34.9 Å². The first kappa shape index (κ1) is 12.6. The number of hydrogen-bond donors (Lipinski definition) is 1. The van der Waals surface area contributed by atoms with Gasteiger partial charge in [0.25, 0.3) is 0 Å². The lowest BCUT2D eigenvalue weighted by atomic mass is 9.71. The lowest BCUT2D eigenvalue weighted by Gasteiger charge is -2.38. The zero-order valence-electron chi connectivity index (χ0n) is 11.4. The van der Waals surface area contributed by atoms with E-state index in [4.69, 9.17) is 5.73 Å². The molecule has 17 heavy (non-hydrogen) atoms. The second-order valence-corrected chi connectivity index (χ2v) is 5.83. The molecule has 0 heterocycles. The molecule has 1 saturated carbocycles. The number of aryl methyl sites for hydroxylation is 2. The van der Waals surface area contributed by atoms with Gasteiger partial charge in [-0.3, -0.25) is 0 Å². The molecule has 1 aromatic carbocycles. The standard InChI is InChI=1S/C16H25N/c1-4-14-7-9-16(17,10-8-14)15-6-5-12(2)11-13(15)3/h5-6,11,14H,4,7-10,17H2,1-3H3. The van der Waals surface area contributed by atoms with E-state index >= 15 is 0 Å². The molecule has 0 amide bonds. The lowest BCUT2D eigenvalue weighted by molar-refractivity contribution is 0.231. The fourth-order valence-corrected chi connectivity index (χ4v) is 3.24. The van der Waals surface area contributed by atoms with Crippen LogP contribution in [-0.4, -0.2) is 0 Å². The summed E-state index contributed by atoms with van der Waals surface area (Å²) in [6.07, 6.45) is 6.19. The summed E-state index contributed by atoms with van der Waals surface area (Å²) >= 11 is 0. The minimum atomic E-state index is -0.0660. The van der Waals surface area contributed by atoms with Crippen LogP contribution >= 0.6 is 0 Å². The summed E-state index contributed by atoms with van der Waals surface area (Å²) in [6, 6.07) is 6.70. The van der Waals surface area contributed by atoms with E-state index in [2.05, 4.69) is 39.0 Å². The topological polar surface area (TPSA) is 26.0 Å². The van der Waals surface area contributed by atoms with Crippen LogP contribution < -0.4 is 5.73 Å².